The fourth-order valence-corrected chi connectivity index (χ4v) is 5.30. The second-order valence-corrected chi connectivity index (χ2v) is 7.79. The Morgan fingerprint density at radius 1 is 1.20 bits per heavy atom. The molecule has 1 saturated carbocycles. The molecule has 0 spiro atoms. The Balaban J connectivity index is 2.27. The molecule has 15 heavy (non-hydrogen) atoms. The summed E-state index contributed by atoms with van der Waals surface area (Å²) in [4.78, 5) is 0. The van der Waals surface area contributed by atoms with Gasteiger partial charge in [0.05, 0.1) is 0 Å². The summed E-state index contributed by atoms with van der Waals surface area (Å²) in [6.07, 6.45) is 7.32. The Kier molecular flexibility index (Phi) is 6.06. The fraction of sp³-hybridized carbons (Fsp3) is 1.00. The molecule has 0 amide bonds. The summed E-state index contributed by atoms with van der Waals surface area (Å²) in [5.74, 6) is 2.14. The van der Waals surface area contributed by atoms with Gasteiger partial charge in [-0.3, -0.25) is 0 Å². The molecule has 1 unspecified atom stereocenters. The van der Waals surface area contributed by atoms with Crippen molar-refractivity contribution in [1.29, 1.82) is 0 Å². The zero-order chi connectivity index (χ0) is 11.3. The van der Waals surface area contributed by atoms with Gasteiger partial charge in [0.25, 0.3) is 0 Å². The van der Waals surface area contributed by atoms with Crippen molar-refractivity contribution in [2.24, 2.45) is 11.3 Å². The average Bonchev–Trinajstić information content (AvgIpc) is 2.18. The minimum atomic E-state index is 0.450. The maximum absolute atomic E-state index is 3.66. The van der Waals surface area contributed by atoms with Crippen LogP contribution in [0.4, 0.5) is 0 Å². The second-order valence-electron chi connectivity index (χ2n) is 5.81. The topological polar surface area (TPSA) is 0 Å². The smallest absolute Gasteiger partial charge is 0.00725 e. The Morgan fingerprint density at radius 2 is 1.80 bits per heavy atom. The highest BCUT2D eigenvalue weighted by atomic mass is 79.9. The van der Waals surface area contributed by atoms with Gasteiger partial charge in [-0.1, -0.05) is 56.0 Å². The molecule has 90 valence electrons. The third kappa shape index (κ3) is 5.12. The molecular formula is C13H25BrS. The lowest BCUT2D eigenvalue weighted by atomic mass is 9.83. The first-order valence-corrected chi connectivity index (χ1v) is 8.38. The Bertz CT molecular complexity index is 168. The average molecular weight is 293 g/mol. The van der Waals surface area contributed by atoms with Crippen LogP contribution in [-0.2, 0) is 0 Å². The first-order chi connectivity index (χ1) is 7.04. The lowest BCUT2D eigenvalue weighted by Crippen LogP contribution is -2.25. The molecule has 0 bridgehead atoms. The first-order valence-electron chi connectivity index (χ1n) is 6.21. The number of rotatable bonds is 4. The van der Waals surface area contributed by atoms with Crippen molar-refractivity contribution in [2.75, 3.05) is 11.1 Å². The highest BCUT2D eigenvalue weighted by Crippen LogP contribution is 2.35. The molecule has 0 nitrogen and oxygen atoms in total. The van der Waals surface area contributed by atoms with E-state index in [4.69, 9.17) is 0 Å². The predicted molar refractivity (Wildman–Crippen MR) is 76.1 cm³/mol. The lowest BCUT2D eigenvalue weighted by molar-refractivity contribution is 0.295. The van der Waals surface area contributed by atoms with Gasteiger partial charge in [-0.15, -0.1) is 0 Å². The summed E-state index contributed by atoms with van der Waals surface area (Å²) in [5.41, 5.74) is 0.450. The molecule has 1 fully saturated rings. The molecule has 0 heterocycles. The van der Waals surface area contributed by atoms with E-state index in [-0.39, 0.29) is 0 Å². The Labute approximate surface area is 108 Å². The van der Waals surface area contributed by atoms with Crippen molar-refractivity contribution in [3.8, 4) is 0 Å². The van der Waals surface area contributed by atoms with E-state index in [9.17, 15) is 0 Å². The van der Waals surface area contributed by atoms with Crippen LogP contribution >= 0.6 is 27.7 Å². The zero-order valence-corrected chi connectivity index (χ0v) is 12.8. The highest BCUT2D eigenvalue weighted by molar-refractivity contribution is 9.09. The van der Waals surface area contributed by atoms with E-state index in [1.54, 1.807) is 0 Å². The maximum atomic E-state index is 3.66. The van der Waals surface area contributed by atoms with Crippen LogP contribution in [-0.4, -0.2) is 16.3 Å². The zero-order valence-electron chi connectivity index (χ0n) is 10.4. The van der Waals surface area contributed by atoms with Crippen molar-refractivity contribution in [3.63, 3.8) is 0 Å². The SMILES string of the molecule is CC(C)(C)C(CBr)CSC1CCCCC1. The van der Waals surface area contributed by atoms with Crippen LogP contribution in [0.15, 0.2) is 0 Å². The lowest BCUT2D eigenvalue weighted by Gasteiger charge is -2.31. The summed E-state index contributed by atoms with van der Waals surface area (Å²) in [7, 11) is 0. The number of alkyl halides is 1. The number of hydrogen-bond acceptors (Lipinski definition) is 1. The molecule has 0 aromatic rings. The van der Waals surface area contributed by atoms with Crippen LogP contribution in [0.1, 0.15) is 52.9 Å². The number of thioether (sulfide) groups is 1. The fourth-order valence-electron chi connectivity index (χ4n) is 2.01. The molecule has 0 saturated heterocycles. The molecule has 1 atom stereocenters. The van der Waals surface area contributed by atoms with Crippen LogP contribution in [0.25, 0.3) is 0 Å². The van der Waals surface area contributed by atoms with Gasteiger partial charge in [0.2, 0.25) is 0 Å². The van der Waals surface area contributed by atoms with Crippen molar-refractivity contribution < 1.29 is 0 Å². The molecule has 0 aromatic heterocycles. The summed E-state index contributed by atoms with van der Waals surface area (Å²) >= 11 is 5.89. The largest absolute Gasteiger partial charge is 0.158 e. The summed E-state index contributed by atoms with van der Waals surface area (Å²) in [5, 5.41) is 2.11. The van der Waals surface area contributed by atoms with Gasteiger partial charge in [-0.05, 0) is 29.9 Å². The molecule has 2 heteroatoms. The third-order valence-corrected chi connectivity index (χ3v) is 5.82. The summed E-state index contributed by atoms with van der Waals surface area (Å²) in [6, 6.07) is 0. The molecule has 0 radical (unpaired) electrons. The van der Waals surface area contributed by atoms with Gasteiger partial charge < -0.3 is 0 Å². The molecule has 0 aliphatic heterocycles. The quantitative estimate of drug-likeness (QED) is 0.649. The second kappa shape index (κ2) is 6.54. The van der Waals surface area contributed by atoms with Gasteiger partial charge in [0.15, 0.2) is 0 Å². The van der Waals surface area contributed by atoms with E-state index in [1.165, 1.54) is 37.9 Å². The normalized spacial score (nSPS) is 21.6. The van der Waals surface area contributed by atoms with Crippen LogP contribution in [0.3, 0.4) is 0 Å². The van der Waals surface area contributed by atoms with E-state index in [1.807, 2.05) is 0 Å². The maximum Gasteiger partial charge on any atom is 0.00725 e. The van der Waals surface area contributed by atoms with E-state index < -0.39 is 0 Å². The standard InChI is InChI=1S/C13H25BrS/c1-13(2,3)11(9-14)10-15-12-7-5-4-6-8-12/h11-12H,4-10H2,1-3H3. The van der Waals surface area contributed by atoms with Gasteiger partial charge in [0, 0.05) is 10.6 Å². The molecular weight excluding hydrogens is 268 g/mol. The van der Waals surface area contributed by atoms with E-state index >= 15 is 0 Å². The minimum Gasteiger partial charge on any atom is -0.158 e. The minimum absolute atomic E-state index is 0.450. The molecule has 1 rings (SSSR count). The Hall–Kier alpha value is 0.830. The molecule has 0 N–H and O–H groups in total. The number of hydrogen-bond donors (Lipinski definition) is 0. The number of halogens is 1. The molecule has 0 aromatic carbocycles. The first kappa shape index (κ1) is 13.9. The van der Waals surface area contributed by atoms with Crippen LogP contribution in [0.5, 0.6) is 0 Å². The summed E-state index contributed by atoms with van der Waals surface area (Å²) in [6.45, 7) is 7.08. The van der Waals surface area contributed by atoms with E-state index in [0.717, 1.165) is 16.5 Å². The Morgan fingerprint density at radius 3 is 2.27 bits per heavy atom. The van der Waals surface area contributed by atoms with Crippen molar-refractivity contribution in [1.82, 2.24) is 0 Å². The summed E-state index contributed by atoms with van der Waals surface area (Å²) < 4.78 is 0. The van der Waals surface area contributed by atoms with Crippen molar-refractivity contribution >= 4 is 27.7 Å². The monoisotopic (exact) mass is 292 g/mol. The molecule has 1 aliphatic carbocycles. The third-order valence-electron chi connectivity index (χ3n) is 3.50. The van der Waals surface area contributed by atoms with E-state index in [2.05, 4.69) is 48.5 Å². The predicted octanol–water partition coefficient (Wildman–Crippen LogP) is 5.11. The van der Waals surface area contributed by atoms with Crippen LogP contribution < -0.4 is 0 Å². The van der Waals surface area contributed by atoms with E-state index in [0.29, 0.717) is 5.41 Å². The van der Waals surface area contributed by atoms with Gasteiger partial charge in [-0.25, -0.2) is 0 Å². The van der Waals surface area contributed by atoms with Gasteiger partial charge in [0.1, 0.15) is 0 Å². The van der Waals surface area contributed by atoms with Crippen LogP contribution in [0, 0.1) is 11.3 Å². The van der Waals surface area contributed by atoms with Crippen molar-refractivity contribution in [2.45, 2.75) is 58.1 Å². The van der Waals surface area contributed by atoms with Crippen LogP contribution in [0.2, 0.25) is 0 Å². The molecule has 1 aliphatic rings. The van der Waals surface area contributed by atoms with Crippen molar-refractivity contribution in [3.05, 3.63) is 0 Å². The van der Waals surface area contributed by atoms with Gasteiger partial charge in [-0.2, -0.15) is 11.8 Å². The van der Waals surface area contributed by atoms with Gasteiger partial charge >= 0.3 is 0 Å². The highest BCUT2D eigenvalue weighted by Gasteiger charge is 2.25.